The standard InChI is InChI=1S/C17H28N2O2/c1-16(2)14(20)18-17(11-7-8-12-17)15(21)19(16)13-9-5-3-4-6-10-13/h13H,3-12H2,1-2H3,(H,18,20). The van der Waals surface area contributed by atoms with Gasteiger partial charge in [0, 0.05) is 6.04 Å². The second kappa shape index (κ2) is 5.29. The molecule has 2 saturated carbocycles. The van der Waals surface area contributed by atoms with Crippen molar-refractivity contribution in [3.05, 3.63) is 0 Å². The number of nitrogens with one attached hydrogen (secondary N) is 1. The van der Waals surface area contributed by atoms with E-state index in [9.17, 15) is 9.59 Å². The lowest BCUT2D eigenvalue weighted by atomic mass is 9.83. The highest BCUT2D eigenvalue weighted by atomic mass is 16.2. The molecule has 3 rings (SSSR count). The molecule has 4 heteroatoms. The zero-order valence-corrected chi connectivity index (χ0v) is 13.4. The quantitative estimate of drug-likeness (QED) is 0.756. The number of hydrogen-bond acceptors (Lipinski definition) is 2. The number of carbonyl (C=O) groups is 2. The summed E-state index contributed by atoms with van der Waals surface area (Å²) in [7, 11) is 0. The Kier molecular flexibility index (Phi) is 3.74. The average Bonchev–Trinajstić information content (AvgIpc) is 2.74. The molecule has 1 heterocycles. The Morgan fingerprint density at radius 2 is 1.52 bits per heavy atom. The molecule has 118 valence electrons. The van der Waals surface area contributed by atoms with Crippen LogP contribution in [0.1, 0.15) is 78.1 Å². The van der Waals surface area contributed by atoms with Gasteiger partial charge in [-0.3, -0.25) is 9.59 Å². The van der Waals surface area contributed by atoms with Crippen molar-refractivity contribution >= 4 is 11.8 Å². The van der Waals surface area contributed by atoms with Crippen LogP contribution in [0.4, 0.5) is 0 Å². The van der Waals surface area contributed by atoms with Gasteiger partial charge in [-0.15, -0.1) is 0 Å². The normalized spacial score (nSPS) is 29.5. The van der Waals surface area contributed by atoms with E-state index in [1.54, 1.807) is 0 Å². The molecule has 0 bridgehead atoms. The van der Waals surface area contributed by atoms with E-state index in [1.165, 1.54) is 25.7 Å². The number of nitrogens with zero attached hydrogens (tertiary/aromatic N) is 1. The Hall–Kier alpha value is -1.06. The molecule has 2 aliphatic carbocycles. The zero-order valence-electron chi connectivity index (χ0n) is 13.4. The predicted octanol–water partition coefficient (Wildman–Crippen LogP) is 2.76. The lowest BCUT2D eigenvalue weighted by Gasteiger charge is -2.52. The van der Waals surface area contributed by atoms with Crippen molar-refractivity contribution in [1.82, 2.24) is 10.2 Å². The van der Waals surface area contributed by atoms with Gasteiger partial charge in [-0.1, -0.05) is 38.5 Å². The van der Waals surface area contributed by atoms with Gasteiger partial charge >= 0.3 is 0 Å². The maximum atomic E-state index is 13.2. The van der Waals surface area contributed by atoms with Crippen LogP contribution < -0.4 is 5.32 Å². The number of rotatable bonds is 1. The summed E-state index contributed by atoms with van der Waals surface area (Å²) in [5.74, 6) is 0.227. The second-order valence-corrected chi connectivity index (χ2v) is 7.62. The van der Waals surface area contributed by atoms with E-state index in [2.05, 4.69) is 5.32 Å². The summed E-state index contributed by atoms with van der Waals surface area (Å²) in [6, 6.07) is 0.249. The first-order valence-corrected chi connectivity index (χ1v) is 8.64. The van der Waals surface area contributed by atoms with Crippen molar-refractivity contribution in [3.8, 4) is 0 Å². The molecule has 1 aliphatic heterocycles. The molecule has 0 aromatic heterocycles. The minimum absolute atomic E-state index is 0.0354. The molecule has 21 heavy (non-hydrogen) atoms. The molecular formula is C17H28N2O2. The molecule has 0 aromatic rings. The van der Waals surface area contributed by atoms with Crippen molar-refractivity contribution in [3.63, 3.8) is 0 Å². The van der Waals surface area contributed by atoms with Crippen LogP contribution in [0, 0.1) is 0 Å². The molecule has 1 spiro atoms. The fourth-order valence-corrected chi connectivity index (χ4v) is 4.47. The maximum Gasteiger partial charge on any atom is 0.249 e. The average molecular weight is 292 g/mol. The monoisotopic (exact) mass is 292 g/mol. The Bertz CT molecular complexity index is 430. The molecule has 4 nitrogen and oxygen atoms in total. The van der Waals surface area contributed by atoms with Crippen LogP contribution in [0.5, 0.6) is 0 Å². The Morgan fingerprint density at radius 1 is 0.952 bits per heavy atom. The van der Waals surface area contributed by atoms with Crippen LogP contribution in [0.2, 0.25) is 0 Å². The summed E-state index contributed by atoms with van der Waals surface area (Å²) in [5.41, 5.74) is -1.29. The number of amides is 2. The van der Waals surface area contributed by atoms with Crippen molar-refractivity contribution in [2.45, 2.75) is 95.2 Å². The van der Waals surface area contributed by atoms with Gasteiger partial charge in [0.25, 0.3) is 0 Å². The SMILES string of the molecule is CC1(C)C(=O)NC2(CCCC2)C(=O)N1C1CCCCCC1. The van der Waals surface area contributed by atoms with Gasteiger partial charge < -0.3 is 10.2 Å². The largest absolute Gasteiger partial charge is 0.340 e. The fraction of sp³-hybridized carbons (Fsp3) is 0.882. The zero-order chi connectivity index (χ0) is 15.1. The molecule has 3 fully saturated rings. The highest BCUT2D eigenvalue weighted by Gasteiger charge is 2.56. The smallest absolute Gasteiger partial charge is 0.249 e. The van der Waals surface area contributed by atoms with Crippen LogP contribution in [-0.4, -0.2) is 33.8 Å². The summed E-state index contributed by atoms with van der Waals surface area (Å²) in [6.07, 6.45) is 10.7. The van der Waals surface area contributed by atoms with Crippen molar-refractivity contribution in [2.24, 2.45) is 0 Å². The first-order valence-electron chi connectivity index (χ1n) is 8.64. The molecule has 3 aliphatic rings. The molecule has 1 saturated heterocycles. The van der Waals surface area contributed by atoms with E-state index in [0.29, 0.717) is 0 Å². The minimum Gasteiger partial charge on any atom is -0.340 e. The minimum atomic E-state index is -0.708. The van der Waals surface area contributed by atoms with Crippen LogP contribution in [0.3, 0.4) is 0 Å². The van der Waals surface area contributed by atoms with Crippen LogP contribution in [-0.2, 0) is 9.59 Å². The number of piperazine rings is 1. The van der Waals surface area contributed by atoms with Gasteiger partial charge in [-0.25, -0.2) is 0 Å². The Morgan fingerprint density at radius 3 is 2.10 bits per heavy atom. The van der Waals surface area contributed by atoms with Crippen LogP contribution >= 0.6 is 0 Å². The highest BCUT2D eigenvalue weighted by molar-refractivity contribution is 6.02. The van der Waals surface area contributed by atoms with Gasteiger partial charge in [0.1, 0.15) is 11.1 Å². The molecule has 0 atom stereocenters. The third-order valence-corrected chi connectivity index (χ3v) is 5.79. The van der Waals surface area contributed by atoms with E-state index in [0.717, 1.165) is 38.5 Å². The van der Waals surface area contributed by atoms with Crippen LogP contribution in [0.25, 0.3) is 0 Å². The Balaban J connectivity index is 1.93. The molecule has 0 aromatic carbocycles. The summed E-state index contributed by atoms with van der Waals surface area (Å²) in [4.78, 5) is 27.9. The molecule has 2 amide bonds. The topological polar surface area (TPSA) is 49.4 Å². The number of hydrogen-bond donors (Lipinski definition) is 1. The van der Waals surface area contributed by atoms with E-state index in [-0.39, 0.29) is 17.9 Å². The highest BCUT2D eigenvalue weighted by Crippen LogP contribution is 2.40. The fourth-order valence-electron chi connectivity index (χ4n) is 4.47. The molecule has 0 radical (unpaired) electrons. The molecule has 0 unspecified atom stereocenters. The second-order valence-electron chi connectivity index (χ2n) is 7.62. The predicted molar refractivity (Wildman–Crippen MR) is 81.8 cm³/mol. The molecule has 1 N–H and O–H groups in total. The number of carbonyl (C=O) groups excluding carboxylic acids is 2. The van der Waals surface area contributed by atoms with Crippen LogP contribution in [0.15, 0.2) is 0 Å². The van der Waals surface area contributed by atoms with Gasteiger partial charge in [0.2, 0.25) is 11.8 Å². The summed E-state index contributed by atoms with van der Waals surface area (Å²) in [5, 5.41) is 3.09. The van der Waals surface area contributed by atoms with Crippen molar-refractivity contribution in [1.29, 1.82) is 0 Å². The van der Waals surface area contributed by atoms with Gasteiger partial charge in [0.15, 0.2) is 0 Å². The third kappa shape index (κ3) is 2.36. The lowest BCUT2D eigenvalue weighted by Crippen LogP contribution is -2.75. The maximum absolute atomic E-state index is 13.2. The van der Waals surface area contributed by atoms with E-state index in [1.807, 2.05) is 18.7 Å². The summed E-state index contributed by atoms with van der Waals surface area (Å²) >= 11 is 0. The first-order chi connectivity index (χ1) is 9.97. The van der Waals surface area contributed by atoms with E-state index >= 15 is 0 Å². The first kappa shape index (κ1) is 14.9. The summed E-state index contributed by atoms with van der Waals surface area (Å²) < 4.78 is 0. The van der Waals surface area contributed by atoms with Gasteiger partial charge in [-0.05, 0) is 39.5 Å². The van der Waals surface area contributed by atoms with E-state index in [4.69, 9.17) is 0 Å². The summed E-state index contributed by atoms with van der Waals surface area (Å²) in [6.45, 7) is 3.82. The van der Waals surface area contributed by atoms with E-state index < -0.39 is 11.1 Å². The Labute approximate surface area is 127 Å². The van der Waals surface area contributed by atoms with Crippen molar-refractivity contribution < 1.29 is 9.59 Å². The van der Waals surface area contributed by atoms with Gasteiger partial charge in [-0.2, -0.15) is 0 Å². The van der Waals surface area contributed by atoms with Crippen molar-refractivity contribution in [2.75, 3.05) is 0 Å². The third-order valence-electron chi connectivity index (χ3n) is 5.79. The lowest BCUT2D eigenvalue weighted by molar-refractivity contribution is -0.164. The van der Waals surface area contributed by atoms with Gasteiger partial charge in [0.05, 0.1) is 0 Å². The molecular weight excluding hydrogens is 264 g/mol.